The van der Waals surface area contributed by atoms with Gasteiger partial charge in [0, 0.05) is 37.4 Å². The van der Waals surface area contributed by atoms with Gasteiger partial charge in [0.25, 0.3) is 10.0 Å². The number of para-hydroxylation sites is 1. The number of hydrogen-bond donors (Lipinski definition) is 2. The average Bonchev–Trinajstić information content (AvgIpc) is 2.93. The van der Waals surface area contributed by atoms with Crippen molar-refractivity contribution in [2.75, 3.05) is 46.8 Å². The van der Waals surface area contributed by atoms with E-state index in [2.05, 4.69) is 40.0 Å². The van der Waals surface area contributed by atoms with Gasteiger partial charge in [0.1, 0.15) is 0 Å². The first kappa shape index (κ1) is 24.3. The van der Waals surface area contributed by atoms with Gasteiger partial charge in [0.15, 0.2) is 0 Å². The molecule has 0 spiro atoms. The van der Waals surface area contributed by atoms with Gasteiger partial charge in [-0.3, -0.25) is 14.3 Å². The summed E-state index contributed by atoms with van der Waals surface area (Å²) < 4.78 is 54.9. The summed E-state index contributed by atoms with van der Waals surface area (Å²) >= 11 is 0. The lowest BCUT2D eigenvalue weighted by atomic mass is 10.1. The largest absolute Gasteiger partial charge is 0.369 e. The molecule has 0 aliphatic carbocycles. The summed E-state index contributed by atoms with van der Waals surface area (Å²) in [5, 5.41) is 0. The summed E-state index contributed by atoms with van der Waals surface area (Å²) in [6.45, 7) is 9.78. The fourth-order valence-corrected chi connectivity index (χ4v) is 5.44. The molecule has 10 heteroatoms. The first-order valence-corrected chi connectivity index (χ1v) is 13.9. The highest BCUT2D eigenvalue weighted by Crippen LogP contribution is 2.32. The molecule has 1 saturated heterocycles. The van der Waals surface area contributed by atoms with E-state index >= 15 is 0 Å². The summed E-state index contributed by atoms with van der Waals surface area (Å²) in [5.74, 6) is 0. The van der Waals surface area contributed by atoms with Gasteiger partial charge in [-0.25, -0.2) is 16.8 Å². The second kappa shape index (κ2) is 9.29. The highest BCUT2D eigenvalue weighted by Gasteiger charge is 2.26. The van der Waals surface area contributed by atoms with Crippen molar-refractivity contribution in [2.45, 2.75) is 37.6 Å². The predicted molar refractivity (Wildman–Crippen MR) is 130 cm³/mol. The van der Waals surface area contributed by atoms with Gasteiger partial charge < -0.3 is 4.90 Å². The van der Waals surface area contributed by atoms with Crippen molar-refractivity contribution in [1.29, 1.82) is 0 Å². The van der Waals surface area contributed by atoms with Crippen molar-refractivity contribution < 1.29 is 16.8 Å². The number of anilines is 3. The number of nitrogens with one attached hydrogen (secondary N) is 2. The summed E-state index contributed by atoms with van der Waals surface area (Å²) in [4.78, 5) is 4.50. The van der Waals surface area contributed by atoms with E-state index in [-0.39, 0.29) is 16.1 Å². The first-order chi connectivity index (χ1) is 14.9. The molecular weight excluding hydrogens is 448 g/mol. The monoisotopic (exact) mass is 480 g/mol. The van der Waals surface area contributed by atoms with Crippen LogP contribution in [0, 0.1) is 0 Å². The molecule has 2 aromatic rings. The Hall–Kier alpha value is -2.30. The molecule has 0 aromatic heterocycles. The Labute approximate surface area is 191 Å². The van der Waals surface area contributed by atoms with Crippen LogP contribution >= 0.6 is 0 Å². The average molecular weight is 481 g/mol. The van der Waals surface area contributed by atoms with Crippen LogP contribution in [-0.2, 0) is 20.0 Å². The lowest BCUT2D eigenvalue weighted by molar-refractivity contribution is 0.148. The molecule has 1 aliphatic heterocycles. The Bertz CT molecular complexity index is 1140. The van der Waals surface area contributed by atoms with Crippen LogP contribution in [-0.4, -0.2) is 59.7 Å². The normalized spacial score (nSPS) is 16.4. The summed E-state index contributed by atoms with van der Waals surface area (Å²) in [5.41, 5.74) is 1.41. The molecule has 1 aliphatic rings. The molecule has 8 nitrogen and oxygen atoms in total. The van der Waals surface area contributed by atoms with Crippen LogP contribution in [0.3, 0.4) is 0 Å². The molecule has 1 heterocycles. The molecular formula is C22H32N4O4S2. The molecule has 0 atom stereocenters. The maximum absolute atomic E-state index is 12.9. The van der Waals surface area contributed by atoms with E-state index in [1.54, 1.807) is 36.4 Å². The quantitative estimate of drug-likeness (QED) is 0.659. The van der Waals surface area contributed by atoms with Crippen molar-refractivity contribution in [2.24, 2.45) is 0 Å². The number of nitrogens with zero attached hydrogens (tertiary/aromatic N) is 2. The molecule has 0 radical (unpaired) electrons. The minimum atomic E-state index is -3.89. The Morgan fingerprint density at radius 1 is 0.844 bits per heavy atom. The molecule has 2 N–H and O–H groups in total. The fraction of sp³-hybridized carbons (Fsp3) is 0.455. The van der Waals surface area contributed by atoms with Crippen LogP contribution in [0.4, 0.5) is 17.1 Å². The van der Waals surface area contributed by atoms with E-state index in [1.165, 1.54) is 12.1 Å². The van der Waals surface area contributed by atoms with E-state index in [1.807, 2.05) is 0 Å². The SMILES string of the molecule is CC(C)(C)N1CCCN(c2ccc(S(=O)(=O)Nc3ccccc3)cc2NS(C)(=O)=O)CC1. The third kappa shape index (κ3) is 6.36. The fourth-order valence-electron chi connectivity index (χ4n) is 3.79. The van der Waals surface area contributed by atoms with Gasteiger partial charge in [-0.1, -0.05) is 18.2 Å². The Morgan fingerprint density at radius 2 is 1.53 bits per heavy atom. The number of sulfonamides is 2. The molecule has 1 fully saturated rings. The van der Waals surface area contributed by atoms with Crippen molar-refractivity contribution in [1.82, 2.24) is 4.90 Å². The lowest BCUT2D eigenvalue weighted by Gasteiger charge is -2.34. The number of hydrogen-bond acceptors (Lipinski definition) is 6. The minimum Gasteiger partial charge on any atom is -0.369 e. The molecule has 0 unspecified atom stereocenters. The van der Waals surface area contributed by atoms with Crippen LogP contribution in [0.5, 0.6) is 0 Å². The Morgan fingerprint density at radius 3 is 2.16 bits per heavy atom. The van der Waals surface area contributed by atoms with Crippen molar-refractivity contribution in [3.8, 4) is 0 Å². The zero-order valence-electron chi connectivity index (χ0n) is 19.0. The highest BCUT2D eigenvalue weighted by molar-refractivity contribution is 7.93. The van der Waals surface area contributed by atoms with Gasteiger partial charge in [-0.05, 0) is 57.5 Å². The van der Waals surface area contributed by atoms with Crippen LogP contribution in [0.15, 0.2) is 53.4 Å². The van der Waals surface area contributed by atoms with Crippen molar-refractivity contribution >= 4 is 37.1 Å². The molecule has 2 aromatic carbocycles. The lowest BCUT2D eigenvalue weighted by Crippen LogP contribution is -2.43. The smallest absolute Gasteiger partial charge is 0.261 e. The molecule has 176 valence electrons. The number of benzene rings is 2. The second-order valence-corrected chi connectivity index (χ2v) is 12.5. The summed E-state index contributed by atoms with van der Waals surface area (Å²) in [7, 11) is -7.49. The van der Waals surface area contributed by atoms with Crippen LogP contribution < -0.4 is 14.3 Å². The van der Waals surface area contributed by atoms with E-state index in [0.717, 1.165) is 32.3 Å². The Kier molecular flexibility index (Phi) is 7.06. The summed E-state index contributed by atoms with van der Waals surface area (Å²) in [6, 6.07) is 13.1. The molecule has 3 rings (SSSR count). The third-order valence-electron chi connectivity index (χ3n) is 5.38. The van der Waals surface area contributed by atoms with E-state index in [9.17, 15) is 16.8 Å². The zero-order valence-corrected chi connectivity index (χ0v) is 20.6. The Balaban J connectivity index is 1.93. The second-order valence-electron chi connectivity index (χ2n) is 9.02. The molecule has 32 heavy (non-hydrogen) atoms. The van der Waals surface area contributed by atoms with Gasteiger partial charge in [0.2, 0.25) is 10.0 Å². The van der Waals surface area contributed by atoms with Gasteiger partial charge in [0.05, 0.1) is 22.5 Å². The van der Waals surface area contributed by atoms with Gasteiger partial charge in [-0.15, -0.1) is 0 Å². The maximum atomic E-state index is 12.9. The van der Waals surface area contributed by atoms with Gasteiger partial charge >= 0.3 is 0 Å². The molecule has 0 saturated carbocycles. The van der Waals surface area contributed by atoms with Crippen molar-refractivity contribution in [3.05, 3.63) is 48.5 Å². The van der Waals surface area contributed by atoms with Gasteiger partial charge in [-0.2, -0.15) is 0 Å². The van der Waals surface area contributed by atoms with Crippen LogP contribution in [0.1, 0.15) is 27.2 Å². The zero-order chi connectivity index (χ0) is 23.6. The summed E-state index contributed by atoms with van der Waals surface area (Å²) in [6.07, 6.45) is 1.98. The molecule has 0 bridgehead atoms. The maximum Gasteiger partial charge on any atom is 0.261 e. The predicted octanol–water partition coefficient (Wildman–Crippen LogP) is 3.17. The van der Waals surface area contributed by atoms with Crippen LogP contribution in [0.2, 0.25) is 0 Å². The number of rotatable bonds is 6. The highest BCUT2D eigenvalue weighted by atomic mass is 32.2. The third-order valence-corrected chi connectivity index (χ3v) is 7.35. The minimum absolute atomic E-state index is 0.0117. The standard InChI is InChI=1S/C22H32N4O4S2/c1-22(2,3)26-14-8-13-25(15-16-26)21-12-11-19(17-20(21)24-31(4,27)28)32(29,30)23-18-9-6-5-7-10-18/h5-7,9-12,17,23-24H,8,13-16H2,1-4H3. The molecule has 0 amide bonds. The van der Waals surface area contributed by atoms with E-state index < -0.39 is 20.0 Å². The van der Waals surface area contributed by atoms with E-state index in [0.29, 0.717) is 17.9 Å². The van der Waals surface area contributed by atoms with E-state index in [4.69, 9.17) is 0 Å². The first-order valence-electron chi connectivity index (χ1n) is 10.5. The van der Waals surface area contributed by atoms with Crippen LogP contribution in [0.25, 0.3) is 0 Å². The topological polar surface area (TPSA) is 98.8 Å². The van der Waals surface area contributed by atoms with Crippen molar-refractivity contribution in [3.63, 3.8) is 0 Å².